The van der Waals surface area contributed by atoms with Crippen LogP contribution in [0.2, 0.25) is 0 Å². The second-order valence-electron chi connectivity index (χ2n) is 6.11. The molecule has 0 spiro atoms. The number of fused-ring (bicyclic) bond motifs is 1. The fourth-order valence-electron chi connectivity index (χ4n) is 2.98. The van der Waals surface area contributed by atoms with Crippen LogP contribution in [0, 0.1) is 0 Å². The van der Waals surface area contributed by atoms with Gasteiger partial charge in [-0.15, -0.1) is 0 Å². The lowest BCUT2D eigenvalue weighted by molar-refractivity contribution is 1.04. The van der Waals surface area contributed by atoms with E-state index in [1.807, 2.05) is 42.5 Å². The van der Waals surface area contributed by atoms with Gasteiger partial charge < -0.3 is 4.90 Å². The van der Waals surface area contributed by atoms with E-state index in [4.69, 9.17) is 0 Å². The Morgan fingerprint density at radius 1 is 0.846 bits per heavy atom. The van der Waals surface area contributed by atoms with Crippen LogP contribution < -0.4 is 4.90 Å². The molecule has 4 heteroatoms. The van der Waals surface area contributed by atoms with Gasteiger partial charge >= 0.3 is 0 Å². The van der Waals surface area contributed by atoms with Crippen LogP contribution in [-0.4, -0.2) is 16.2 Å². The molecule has 3 aromatic carbocycles. The van der Waals surface area contributed by atoms with E-state index in [1.165, 1.54) is 0 Å². The van der Waals surface area contributed by atoms with Gasteiger partial charge in [0.15, 0.2) is 0 Å². The van der Waals surface area contributed by atoms with E-state index < -0.39 is 0 Å². The van der Waals surface area contributed by atoms with Crippen molar-refractivity contribution in [3.63, 3.8) is 0 Å². The Bertz CT molecular complexity index is 1050. The zero-order valence-electron chi connectivity index (χ0n) is 14.4. The Kier molecular flexibility index (Phi) is 4.50. The lowest BCUT2D eigenvalue weighted by Crippen LogP contribution is -2.08. The molecule has 0 saturated heterocycles. The van der Waals surface area contributed by atoms with Crippen LogP contribution in [0.1, 0.15) is 11.3 Å². The van der Waals surface area contributed by atoms with Crippen molar-refractivity contribution in [1.82, 2.24) is 9.19 Å². The van der Waals surface area contributed by atoms with Gasteiger partial charge in [-0.2, -0.15) is 5.10 Å². The lowest BCUT2D eigenvalue weighted by atomic mass is 10.1. The number of benzene rings is 3. The molecule has 0 bridgehead atoms. The molecule has 0 unspecified atom stereocenters. The zero-order chi connectivity index (χ0) is 17.9. The van der Waals surface area contributed by atoms with Crippen molar-refractivity contribution in [3.8, 4) is 0 Å². The predicted molar refractivity (Wildman–Crippen MR) is 114 cm³/mol. The van der Waals surface area contributed by atoms with Gasteiger partial charge in [-0.25, -0.2) is 4.09 Å². The molecule has 0 saturated carbocycles. The van der Waals surface area contributed by atoms with Gasteiger partial charge in [-0.3, -0.25) is 0 Å². The first kappa shape index (κ1) is 16.5. The summed E-state index contributed by atoms with van der Waals surface area (Å²) >= 11 is 4.51. The zero-order valence-corrected chi connectivity index (χ0v) is 15.3. The second-order valence-corrected chi connectivity index (χ2v) is 6.49. The molecule has 4 rings (SSSR count). The van der Waals surface area contributed by atoms with Gasteiger partial charge in [-0.05, 0) is 54.8 Å². The fourth-order valence-corrected chi connectivity index (χ4v) is 3.25. The topological polar surface area (TPSA) is 21.1 Å². The minimum atomic E-state index is 0.910. The molecule has 0 aliphatic rings. The maximum atomic E-state index is 4.55. The predicted octanol–water partition coefficient (Wildman–Crippen LogP) is 5.67. The highest BCUT2D eigenvalue weighted by Gasteiger charge is 2.10. The molecule has 4 aromatic rings. The molecule has 26 heavy (non-hydrogen) atoms. The number of aromatic nitrogens is 2. The molecule has 3 nitrogen and oxygen atoms in total. The first-order valence-corrected chi connectivity index (χ1v) is 8.86. The summed E-state index contributed by atoms with van der Waals surface area (Å²) in [4.78, 5) is 2.15. The van der Waals surface area contributed by atoms with Crippen molar-refractivity contribution in [1.29, 1.82) is 0 Å². The molecule has 0 aliphatic carbocycles. The van der Waals surface area contributed by atoms with Gasteiger partial charge in [-0.1, -0.05) is 54.6 Å². The third-order valence-corrected chi connectivity index (χ3v) is 4.74. The Morgan fingerprint density at radius 2 is 1.54 bits per heavy atom. The average Bonchev–Trinajstić information content (AvgIpc) is 3.02. The third-order valence-electron chi connectivity index (χ3n) is 4.44. The van der Waals surface area contributed by atoms with Crippen LogP contribution in [-0.2, 0) is 0 Å². The van der Waals surface area contributed by atoms with E-state index in [0.717, 1.165) is 33.5 Å². The minimum Gasteiger partial charge on any atom is -0.345 e. The summed E-state index contributed by atoms with van der Waals surface area (Å²) in [5, 5.41) is 5.63. The maximum absolute atomic E-state index is 4.55. The lowest BCUT2D eigenvalue weighted by Gasteiger charge is -2.19. The van der Waals surface area contributed by atoms with Crippen LogP contribution in [0.5, 0.6) is 0 Å². The van der Waals surface area contributed by atoms with E-state index in [0.29, 0.717) is 0 Å². The van der Waals surface area contributed by atoms with Crippen LogP contribution in [0.25, 0.3) is 23.1 Å². The number of anilines is 2. The van der Waals surface area contributed by atoms with Crippen molar-refractivity contribution in [2.24, 2.45) is 0 Å². The fraction of sp³-hybridized carbons (Fsp3) is 0.0455. The van der Waals surface area contributed by atoms with Crippen molar-refractivity contribution in [3.05, 3.63) is 90.1 Å². The molecule has 0 fully saturated rings. The summed E-state index contributed by atoms with van der Waals surface area (Å²) < 4.78 is 1.64. The van der Waals surface area contributed by atoms with Gasteiger partial charge in [0.2, 0.25) is 0 Å². The number of rotatable bonds is 4. The van der Waals surface area contributed by atoms with E-state index in [-0.39, 0.29) is 0 Å². The van der Waals surface area contributed by atoms with Crippen molar-refractivity contribution >= 4 is 47.2 Å². The highest BCUT2D eigenvalue weighted by Crippen LogP contribution is 2.29. The maximum Gasteiger partial charge on any atom is 0.0940 e. The van der Waals surface area contributed by atoms with Crippen LogP contribution in [0.3, 0.4) is 0 Å². The highest BCUT2D eigenvalue weighted by atomic mass is 32.1. The summed E-state index contributed by atoms with van der Waals surface area (Å²) in [6.45, 7) is 0. The summed E-state index contributed by atoms with van der Waals surface area (Å²) in [6.07, 6.45) is 4.10. The van der Waals surface area contributed by atoms with E-state index in [9.17, 15) is 0 Å². The number of nitrogens with zero attached hydrogens (tertiary/aromatic N) is 3. The Hall–Kier alpha value is -2.98. The van der Waals surface area contributed by atoms with Gasteiger partial charge in [0.25, 0.3) is 0 Å². The number of hydrogen-bond acceptors (Lipinski definition) is 3. The van der Waals surface area contributed by atoms with E-state index in [2.05, 4.69) is 78.4 Å². The second kappa shape index (κ2) is 7.10. The Morgan fingerprint density at radius 3 is 2.27 bits per heavy atom. The largest absolute Gasteiger partial charge is 0.345 e. The number of para-hydroxylation sites is 1. The molecule has 0 atom stereocenters. The van der Waals surface area contributed by atoms with Crippen molar-refractivity contribution in [2.75, 3.05) is 11.9 Å². The standard InChI is InChI=1S/C22H19N3S/c1-24(18-10-6-3-7-11-18)19-13-14-20-21(23-25(26)22(20)16-19)15-12-17-8-4-2-5-9-17/h2-16,26H,1H3/b15-12+. The Balaban J connectivity index is 1.70. The minimum absolute atomic E-state index is 0.910. The van der Waals surface area contributed by atoms with Gasteiger partial charge in [0.1, 0.15) is 0 Å². The van der Waals surface area contributed by atoms with Crippen molar-refractivity contribution < 1.29 is 0 Å². The molecule has 1 heterocycles. The van der Waals surface area contributed by atoms with Gasteiger partial charge in [0, 0.05) is 23.8 Å². The monoisotopic (exact) mass is 357 g/mol. The molecule has 0 amide bonds. The molecular weight excluding hydrogens is 338 g/mol. The molecule has 0 N–H and O–H groups in total. The normalized spacial score (nSPS) is 11.3. The van der Waals surface area contributed by atoms with Crippen molar-refractivity contribution in [2.45, 2.75) is 0 Å². The molecular formula is C22H19N3S. The number of thiol groups is 1. The molecule has 1 aromatic heterocycles. The van der Waals surface area contributed by atoms with Crippen LogP contribution in [0.15, 0.2) is 78.9 Å². The summed E-state index contributed by atoms with van der Waals surface area (Å²) in [5.74, 6) is 0. The Labute approximate surface area is 158 Å². The summed E-state index contributed by atoms with van der Waals surface area (Å²) in [6, 6.07) is 26.8. The quantitative estimate of drug-likeness (QED) is 0.475. The smallest absolute Gasteiger partial charge is 0.0940 e. The van der Waals surface area contributed by atoms with E-state index >= 15 is 0 Å². The average molecular weight is 357 g/mol. The van der Waals surface area contributed by atoms with Gasteiger partial charge in [0.05, 0.1) is 11.2 Å². The van der Waals surface area contributed by atoms with E-state index in [1.54, 1.807) is 4.09 Å². The third kappa shape index (κ3) is 3.24. The van der Waals surface area contributed by atoms with Crippen LogP contribution in [0.4, 0.5) is 11.4 Å². The summed E-state index contributed by atoms with van der Waals surface area (Å²) in [5.41, 5.74) is 5.28. The summed E-state index contributed by atoms with van der Waals surface area (Å²) in [7, 11) is 2.06. The molecule has 0 aliphatic heterocycles. The molecule has 128 valence electrons. The SMILES string of the molecule is CN(c1ccccc1)c1ccc2c(/C=C/c3ccccc3)nn(S)c2c1. The highest BCUT2D eigenvalue weighted by molar-refractivity contribution is 7.78. The first-order valence-electron chi connectivity index (χ1n) is 8.46. The first-order chi connectivity index (χ1) is 12.7. The number of hydrogen-bond donors (Lipinski definition) is 1. The molecule has 0 radical (unpaired) electrons. The van der Waals surface area contributed by atoms with Crippen LogP contribution >= 0.6 is 12.8 Å².